The normalized spacial score (nSPS) is 30.7. The van der Waals surface area contributed by atoms with E-state index in [0.717, 1.165) is 25.7 Å². The second kappa shape index (κ2) is 5.69. The van der Waals surface area contributed by atoms with E-state index in [4.69, 9.17) is 5.26 Å². The summed E-state index contributed by atoms with van der Waals surface area (Å²) in [6, 6.07) is 5.18. The second-order valence-electron chi connectivity index (χ2n) is 6.47. The van der Waals surface area contributed by atoms with Gasteiger partial charge in [-0.25, -0.2) is 4.98 Å². The molecule has 2 heterocycles. The summed E-state index contributed by atoms with van der Waals surface area (Å²) in [6.45, 7) is 3.36. The molecule has 0 bridgehead atoms. The number of hydrogen-bond donors (Lipinski definition) is 1. The summed E-state index contributed by atoms with van der Waals surface area (Å²) in [5.74, 6) is 0.528. The first-order valence-electron chi connectivity index (χ1n) is 7.95. The standard InChI is InChI=1S/C17H21N3O2/c1-2-17(22)7-3-4-13-10-20(11-15(13)17)16(21)12-5-6-14(8-18)19-9-12/h5-6,9,13,15,22H,2-4,7,10-11H2,1H3/t13-,15+,17-/m0/s1. The highest BCUT2D eigenvalue weighted by atomic mass is 16.3. The lowest BCUT2D eigenvalue weighted by molar-refractivity contribution is -0.0609. The average Bonchev–Trinajstić information content (AvgIpc) is 3.00. The van der Waals surface area contributed by atoms with Crippen LogP contribution < -0.4 is 0 Å². The predicted octanol–water partition coefficient (Wildman–Crippen LogP) is 1.97. The number of nitrogens with zero attached hydrogens (tertiary/aromatic N) is 3. The highest BCUT2D eigenvalue weighted by Gasteiger charge is 2.48. The lowest BCUT2D eigenvalue weighted by Crippen LogP contribution is -2.44. The number of aromatic nitrogens is 1. The van der Waals surface area contributed by atoms with Crippen LogP contribution in [0, 0.1) is 23.2 Å². The van der Waals surface area contributed by atoms with Crippen LogP contribution in [0.25, 0.3) is 0 Å². The van der Waals surface area contributed by atoms with Gasteiger partial charge in [-0.05, 0) is 37.3 Å². The minimum absolute atomic E-state index is 0.0511. The Labute approximate surface area is 130 Å². The van der Waals surface area contributed by atoms with Gasteiger partial charge in [0.2, 0.25) is 0 Å². The van der Waals surface area contributed by atoms with E-state index in [2.05, 4.69) is 4.98 Å². The molecule has 0 spiro atoms. The summed E-state index contributed by atoms with van der Waals surface area (Å²) >= 11 is 0. The molecule has 0 unspecified atom stereocenters. The summed E-state index contributed by atoms with van der Waals surface area (Å²) in [5.41, 5.74) is 0.200. The summed E-state index contributed by atoms with van der Waals surface area (Å²) in [7, 11) is 0. The van der Waals surface area contributed by atoms with Gasteiger partial charge in [0.1, 0.15) is 11.8 Å². The number of hydrogen-bond acceptors (Lipinski definition) is 4. The Morgan fingerprint density at radius 3 is 3.00 bits per heavy atom. The highest BCUT2D eigenvalue weighted by Crippen LogP contribution is 2.44. The number of pyridine rings is 1. The van der Waals surface area contributed by atoms with Gasteiger partial charge in [-0.15, -0.1) is 0 Å². The molecule has 1 aliphatic carbocycles. The van der Waals surface area contributed by atoms with Gasteiger partial charge in [-0.2, -0.15) is 5.26 Å². The molecule has 1 saturated carbocycles. The lowest BCUT2D eigenvalue weighted by Gasteiger charge is -2.40. The predicted molar refractivity (Wildman–Crippen MR) is 80.9 cm³/mol. The van der Waals surface area contributed by atoms with E-state index in [0.29, 0.717) is 30.3 Å². The van der Waals surface area contributed by atoms with Gasteiger partial charge in [0.15, 0.2) is 0 Å². The quantitative estimate of drug-likeness (QED) is 0.905. The molecule has 0 aromatic carbocycles. The molecule has 5 nitrogen and oxygen atoms in total. The van der Waals surface area contributed by atoms with Gasteiger partial charge < -0.3 is 10.0 Å². The van der Waals surface area contributed by atoms with Gasteiger partial charge in [0, 0.05) is 25.2 Å². The van der Waals surface area contributed by atoms with E-state index >= 15 is 0 Å². The van der Waals surface area contributed by atoms with Gasteiger partial charge in [0.05, 0.1) is 11.2 Å². The van der Waals surface area contributed by atoms with Crippen molar-refractivity contribution >= 4 is 5.91 Å². The van der Waals surface area contributed by atoms with Crippen LogP contribution in [-0.4, -0.2) is 39.6 Å². The first-order chi connectivity index (χ1) is 10.6. The van der Waals surface area contributed by atoms with Crippen LogP contribution in [0.4, 0.5) is 0 Å². The number of nitriles is 1. The molecule has 1 aliphatic heterocycles. The van der Waals surface area contributed by atoms with Gasteiger partial charge in [-0.3, -0.25) is 4.79 Å². The molecule has 1 saturated heterocycles. The van der Waals surface area contributed by atoms with E-state index in [1.807, 2.05) is 17.9 Å². The van der Waals surface area contributed by atoms with E-state index in [1.165, 1.54) is 6.20 Å². The fraction of sp³-hybridized carbons (Fsp3) is 0.588. The second-order valence-corrected chi connectivity index (χ2v) is 6.47. The van der Waals surface area contributed by atoms with Crippen LogP contribution in [0.3, 0.4) is 0 Å². The van der Waals surface area contributed by atoms with Crippen LogP contribution in [-0.2, 0) is 0 Å². The first-order valence-corrected chi connectivity index (χ1v) is 7.95. The van der Waals surface area contributed by atoms with Crippen molar-refractivity contribution in [3.05, 3.63) is 29.6 Å². The van der Waals surface area contributed by atoms with E-state index in [-0.39, 0.29) is 11.8 Å². The number of rotatable bonds is 2. The van der Waals surface area contributed by atoms with E-state index in [9.17, 15) is 9.90 Å². The Morgan fingerprint density at radius 1 is 1.55 bits per heavy atom. The fourth-order valence-electron chi connectivity index (χ4n) is 4.00. The Morgan fingerprint density at radius 2 is 2.36 bits per heavy atom. The topological polar surface area (TPSA) is 77.2 Å². The van der Waals surface area contributed by atoms with Crippen LogP contribution in [0.15, 0.2) is 18.3 Å². The number of likely N-dealkylation sites (tertiary alicyclic amines) is 1. The monoisotopic (exact) mass is 299 g/mol. The van der Waals surface area contributed by atoms with Crippen LogP contribution in [0.2, 0.25) is 0 Å². The maximum Gasteiger partial charge on any atom is 0.255 e. The zero-order valence-corrected chi connectivity index (χ0v) is 12.8. The van der Waals surface area contributed by atoms with E-state index < -0.39 is 5.60 Å². The van der Waals surface area contributed by atoms with Crippen molar-refractivity contribution in [2.45, 2.75) is 38.2 Å². The highest BCUT2D eigenvalue weighted by molar-refractivity contribution is 5.94. The van der Waals surface area contributed by atoms with Crippen molar-refractivity contribution in [3.63, 3.8) is 0 Å². The van der Waals surface area contributed by atoms with Gasteiger partial charge in [-0.1, -0.05) is 13.3 Å². The summed E-state index contributed by atoms with van der Waals surface area (Å²) in [4.78, 5) is 18.4. The van der Waals surface area contributed by atoms with Crippen molar-refractivity contribution in [1.29, 1.82) is 5.26 Å². The Bertz CT molecular complexity index is 607. The molecule has 2 fully saturated rings. The number of carbonyl (C=O) groups excluding carboxylic acids is 1. The zero-order valence-electron chi connectivity index (χ0n) is 12.8. The third-order valence-corrected chi connectivity index (χ3v) is 5.34. The van der Waals surface area contributed by atoms with Crippen LogP contribution >= 0.6 is 0 Å². The molecule has 1 N–H and O–H groups in total. The van der Waals surface area contributed by atoms with Gasteiger partial charge in [0.25, 0.3) is 5.91 Å². The number of fused-ring (bicyclic) bond motifs is 1. The van der Waals surface area contributed by atoms with Crippen LogP contribution in [0.5, 0.6) is 0 Å². The maximum absolute atomic E-state index is 12.6. The van der Waals surface area contributed by atoms with Crippen molar-refractivity contribution in [2.75, 3.05) is 13.1 Å². The van der Waals surface area contributed by atoms with Crippen molar-refractivity contribution in [1.82, 2.24) is 9.88 Å². The lowest BCUT2D eigenvalue weighted by atomic mass is 9.69. The molecule has 3 atom stereocenters. The fourth-order valence-corrected chi connectivity index (χ4v) is 4.00. The minimum Gasteiger partial charge on any atom is -0.390 e. The molecule has 3 rings (SSSR count). The van der Waals surface area contributed by atoms with Crippen LogP contribution in [0.1, 0.15) is 48.7 Å². The summed E-state index contributed by atoms with van der Waals surface area (Å²) in [6.07, 6.45) is 5.17. The summed E-state index contributed by atoms with van der Waals surface area (Å²) < 4.78 is 0. The number of carbonyl (C=O) groups is 1. The maximum atomic E-state index is 12.6. The Hall–Kier alpha value is -1.93. The zero-order chi connectivity index (χ0) is 15.7. The van der Waals surface area contributed by atoms with Crippen molar-refractivity contribution in [2.24, 2.45) is 11.8 Å². The molecule has 5 heteroatoms. The molecule has 0 radical (unpaired) electrons. The van der Waals surface area contributed by atoms with Crippen molar-refractivity contribution in [3.8, 4) is 6.07 Å². The molecule has 116 valence electrons. The third-order valence-electron chi connectivity index (χ3n) is 5.34. The molecule has 22 heavy (non-hydrogen) atoms. The SMILES string of the molecule is CC[C@]1(O)CCC[C@H]2CN(C(=O)c3ccc(C#N)nc3)C[C@H]21. The average molecular weight is 299 g/mol. The molecule has 2 aliphatic rings. The molecular formula is C17H21N3O2. The smallest absolute Gasteiger partial charge is 0.255 e. The molecule has 1 amide bonds. The Balaban J connectivity index is 1.76. The minimum atomic E-state index is -0.624. The van der Waals surface area contributed by atoms with E-state index in [1.54, 1.807) is 12.1 Å². The first kappa shape index (κ1) is 15.0. The third kappa shape index (κ3) is 2.48. The molecule has 1 aromatic rings. The molecular weight excluding hydrogens is 278 g/mol. The number of amides is 1. The Kier molecular flexibility index (Phi) is 3.88. The van der Waals surface area contributed by atoms with Crippen molar-refractivity contribution < 1.29 is 9.90 Å². The summed E-state index contributed by atoms with van der Waals surface area (Å²) in [5, 5.41) is 19.6. The van der Waals surface area contributed by atoms with Gasteiger partial charge >= 0.3 is 0 Å². The molecule has 1 aromatic heterocycles. The number of aliphatic hydroxyl groups is 1. The largest absolute Gasteiger partial charge is 0.390 e.